The third kappa shape index (κ3) is 5.73. The molecule has 2 N–H and O–H groups in total. The van der Waals surface area contributed by atoms with Crippen LogP contribution in [0.5, 0.6) is 0 Å². The predicted molar refractivity (Wildman–Crippen MR) is 69.0 cm³/mol. The van der Waals surface area contributed by atoms with Gasteiger partial charge in [0.05, 0.1) is 0 Å². The van der Waals surface area contributed by atoms with Gasteiger partial charge in [0.1, 0.15) is 5.60 Å². The van der Waals surface area contributed by atoms with Gasteiger partial charge < -0.3 is 15.4 Å². The molecule has 98 valence electrons. The van der Waals surface area contributed by atoms with Gasteiger partial charge in [0, 0.05) is 12.1 Å². The minimum absolute atomic E-state index is 0.256. The number of hydrogen-bond donors (Lipinski definition) is 2. The van der Waals surface area contributed by atoms with Crippen LogP contribution in [-0.4, -0.2) is 30.3 Å². The van der Waals surface area contributed by atoms with Crippen LogP contribution >= 0.6 is 0 Å². The van der Waals surface area contributed by atoms with Gasteiger partial charge in [-0.25, -0.2) is 4.79 Å². The van der Waals surface area contributed by atoms with Crippen molar-refractivity contribution in [2.75, 3.05) is 6.54 Å². The number of alkyl carbamates (subject to hydrolysis) is 1. The van der Waals surface area contributed by atoms with E-state index < -0.39 is 5.60 Å². The van der Waals surface area contributed by atoms with Gasteiger partial charge in [-0.05, 0) is 46.6 Å². The fourth-order valence-electron chi connectivity index (χ4n) is 1.77. The maximum atomic E-state index is 11.5. The second-order valence-electron chi connectivity index (χ2n) is 5.54. The Balaban J connectivity index is 2.08. The monoisotopic (exact) mass is 240 g/mol. The Morgan fingerprint density at radius 2 is 2.06 bits per heavy atom. The van der Waals surface area contributed by atoms with Crippen LogP contribution in [0.1, 0.15) is 40.0 Å². The maximum absolute atomic E-state index is 11.5. The van der Waals surface area contributed by atoms with E-state index in [4.69, 9.17) is 4.74 Å². The first kappa shape index (κ1) is 14.0. The van der Waals surface area contributed by atoms with E-state index in [1.807, 2.05) is 26.8 Å². The van der Waals surface area contributed by atoms with Crippen molar-refractivity contribution >= 4 is 6.09 Å². The SMILES string of the molecule is C=CCCNC1CC(NC(=O)OC(C)(C)C)C1. The molecule has 0 aromatic rings. The number of amides is 1. The molecule has 0 atom stereocenters. The zero-order valence-electron chi connectivity index (χ0n) is 11.1. The predicted octanol–water partition coefficient (Wildman–Crippen LogP) is 2.21. The largest absolute Gasteiger partial charge is 0.444 e. The van der Waals surface area contributed by atoms with Crippen molar-refractivity contribution < 1.29 is 9.53 Å². The Morgan fingerprint density at radius 3 is 2.59 bits per heavy atom. The lowest BCUT2D eigenvalue weighted by Gasteiger charge is -2.36. The summed E-state index contributed by atoms with van der Waals surface area (Å²) in [5.74, 6) is 0. The van der Waals surface area contributed by atoms with Crippen molar-refractivity contribution in [3.8, 4) is 0 Å². The van der Waals surface area contributed by atoms with Gasteiger partial charge in [-0.2, -0.15) is 0 Å². The third-order valence-electron chi connectivity index (χ3n) is 2.64. The summed E-state index contributed by atoms with van der Waals surface area (Å²) in [6, 6.07) is 0.779. The fraction of sp³-hybridized carbons (Fsp3) is 0.769. The van der Waals surface area contributed by atoms with Crippen LogP contribution in [0, 0.1) is 0 Å². The number of carbonyl (C=O) groups is 1. The first-order valence-corrected chi connectivity index (χ1v) is 6.24. The van der Waals surface area contributed by atoms with E-state index >= 15 is 0 Å². The molecule has 4 nitrogen and oxygen atoms in total. The van der Waals surface area contributed by atoms with Crippen LogP contribution in [0.3, 0.4) is 0 Å². The first-order valence-electron chi connectivity index (χ1n) is 6.24. The number of nitrogens with one attached hydrogen (secondary N) is 2. The second-order valence-corrected chi connectivity index (χ2v) is 5.54. The van der Waals surface area contributed by atoms with Gasteiger partial charge >= 0.3 is 6.09 Å². The van der Waals surface area contributed by atoms with E-state index in [9.17, 15) is 4.79 Å². The molecule has 1 amide bonds. The molecule has 0 spiro atoms. The summed E-state index contributed by atoms with van der Waals surface area (Å²) in [5, 5.41) is 6.28. The Bertz CT molecular complexity index is 265. The average molecular weight is 240 g/mol. The fourth-order valence-corrected chi connectivity index (χ4v) is 1.77. The van der Waals surface area contributed by atoms with Crippen molar-refractivity contribution in [1.29, 1.82) is 0 Å². The lowest BCUT2D eigenvalue weighted by molar-refractivity contribution is 0.0465. The summed E-state index contributed by atoms with van der Waals surface area (Å²) < 4.78 is 5.19. The molecule has 0 saturated heterocycles. The Hall–Kier alpha value is -1.03. The van der Waals surface area contributed by atoms with Crippen LogP contribution in [0.25, 0.3) is 0 Å². The number of ether oxygens (including phenoxy) is 1. The number of carbonyl (C=O) groups excluding carboxylic acids is 1. The highest BCUT2D eigenvalue weighted by Gasteiger charge is 2.30. The third-order valence-corrected chi connectivity index (χ3v) is 2.64. The molecule has 1 aliphatic rings. The molecule has 1 saturated carbocycles. The lowest BCUT2D eigenvalue weighted by Crippen LogP contribution is -2.53. The van der Waals surface area contributed by atoms with Gasteiger partial charge in [0.2, 0.25) is 0 Å². The summed E-state index contributed by atoms with van der Waals surface area (Å²) in [7, 11) is 0. The molecule has 0 aromatic carbocycles. The highest BCUT2D eigenvalue weighted by Crippen LogP contribution is 2.20. The highest BCUT2D eigenvalue weighted by atomic mass is 16.6. The van der Waals surface area contributed by atoms with Crippen molar-refractivity contribution in [2.24, 2.45) is 0 Å². The van der Waals surface area contributed by atoms with Crippen molar-refractivity contribution in [1.82, 2.24) is 10.6 Å². The summed E-state index contributed by atoms with van der Waals surface area (Å²) in [6.07, 6.45) is 4.54. The van der Waals surface area contributed by atoms with Gasteiger partial charge in [-0.1, -0.05) is 6.08 Å². The molecule has 0 unspecified atom stereocenters. The quantitative estimate of drug-likeness (QED) is 0.572. The molecule has 17 heavy (non-hydrogen) atoms. The molecule has 0 heterocycles. The van der Waals surface area contributed by atoms with E-state index in [0.717, 1.165) is 25.8 Å². The van der Waals surface area contributed by atoms with Gasteiger partial charge in [-0.3, -0.25) is 0 Å². The Labute approximate surface area is 104 Å². The van der Waals surface area contributed by atoms with E-state index in [-0.39, 0.29) is 12.1 Å². The summed E-state index contributed by atoms with van der Waals surface area (Å²) in [4.78, 5) is 11.5. The molecule has 0 bridgehead atoms. The zero-order valence-corrected chi connectivity index (χ0v) is 11.1. The van der Waals surface area contributed by atoms with Crippen LogP contribution in [0.4, 0.5) is 4.79 Å². The zero-order chi connectivity index (χ0) is 12.9. The minimum Gasteiger partial charge on any atom is -0.444 e. The molecule has 0 radical (unpaired) electrons. The van der Waals surface area contributed by atoms with Gasteiger partial charge in [0.25, 0.3) is 0 Å². The van der Waals surface area contributed by atoms with Crippen LogP contribution in [0.2, 0.25) is 0 Å². The van der Waals surface area contributed by atoms with Crippen LogP contribution in [0.15, 0.2) is 12.7 Å². The molecule has 4 heteroatoms. The average Bonchev–Trinajstić information content (AvgIpc) is 2.10. The van der Waals surface area contributed by atoms with Crippen molar-refractivity contribution in [2.45, 2.75) is 57.7 Å². The molecular formula is C13H24N2O2. The molecule has 1 rings (SSSR count). The van der Waals surface area contributed by atoms with E-state index in [1.165, 1.54) is 0 Å². The molecular weight excluding hydrogens is 216 g/mol. The van der Waals surface area contributed by atoms with E-state index in [2.05, 4.69) is 17.2 Å². The second kappa shape index (κ2) is 6.05. The van der Waals surface area contributed by atoms with Crippen LogP contribution < -0.4 is 10.6 Å². The minimum atomic E-state index is -0.421. The Morgan fingerprint density at radius 1 is 1.41 bits per heavy atom. The lowest BCUT2D eigenvalue weighted by atomic mass is 9.87. The number of hydrogen-bond acceptors (Lipinski definition) is 3. The van der Waals surface area contributed by atoms with E-state index in [1.54, 1.807) is 0 Å². The summed E-state index contributed by atoms with van der Waals surface area (Å²) in [6.45, 7) is 10.2. The summed E-state index contributed by atoms with van der Waals surface area (Å²) >= 11 is 0. The first-order chi connectivity index (χ1) is 7.90. The normalized spacial score (nSPS) is 23.7. The molecule has 0 aromatic heterocycles. The summed E-state index contributed by atoms with van der Waals surface area (Å²) in [5.41, 5.74) is -0.421. The maximum Gasteiger partial charge on any atom is 0.407 e. The van der Waals surface area contributed by atoms with Crippen molar-refractivity contribution in [3.05, 3.63) is 12.7 Å². The smallest absolute Gasteiger partial charge is 0.407 e. The van der Waals surface area contributed by atoms with Gasteiger partial charge in [0.15, 0.2) is 0 Å². The highest BCUT2D eigenvalue weighted by molar-refractivity contribution is 5.68. The molecule has 1 aliphatic carbocycles. The molecule has 0 aliphatic heterocycles. The number of rotatable bonds is 5. The topological polar surface area (TPSA) is 50.4 Å². The van der Waals surface area contributed by atoms with Crippen molar-refractivity contribution in [3.63, 3.8) is 0 Å². The Kier molecular flexibility index (Phi) is 5.00. The standard InChI is InChI=1S/C13H24N2O2/c1-5-6-7-14-10-8-11(9-10)15-12(16)17-13(2,3)4/h5,10-11,14H,1,6-9H2,2-4H3,(H,15,16). The molecule has 1 fully saturated rings. The van der Waals surface area contributed by atoms with E-state index in [0.29, 0.717) is 6.04 Å². The van der Waals surface area contributed by atoms with Gasteiger partial charge in [-0.15, -0.1) is 6.58 Å². The van der Waals surface area contributed by atoms with Crippen LogP contribution in [-0.2, 0) is 4.74 Å².